The third-order valence-corrected chi connectivity index (χ3v) is 5.76. The molecule has 0 aliphatic carbocycles. The molecule has 10 nitrogen and oxygen atoms in total. The summed E-state index contributed by atoms with van der Waals surface area (Å²) in [5, 5.41) is 6.30. The van der Waals surface area contributed by atoms with Gasteiger partial charge in [-0.05, 0) is 25.0 Å². The number of hydrogen-bond donors (Lipinski definition) is 3. The van der Waals surface area contributed by atoms with Gasteiger partial charge >= 0.3 is 0 Å². The molecule has 0 unspecified atom stereocenters. The fourth-order valence-electron chi connectivity index (χ4n) is 4.12. The molecular weight excluding hydrogens is 448 g/mol. The lowest BCUT2D eigenvalue weighted by Gasteiger charge is -2.16. The van der Waals surface area contributed by atoms with Gasteiger partial charge < -0.3 is 30.6 Å². The molecule has 0 atom stereocenters. The smallest absolute Gasteiger partial charge is 0.228 e. The molecule has 4 N–H and O–H groups in total. The van der Waals surface area contributed by atoms with E-state index in [1.54, 1.807) is 39.5 Å². The van der Waals surface area contributed by atoms with Crippen LogP contribution in [0.3, 0.4) is 0 Å². The van der Waals surface area contributed by atoms with Gasteiger partial charge in [-0.3, -0.25) is 9.36 Å². The number of methoxy groups -OCH3 is 3. The second kappa shape index (κ2) is 12.3. The van der Waals surface area contributed by atoms with Crippen molar-refractivity contribution in [3.8, 4) is 17.2 Å². The van der Waals surface area contributed by atoms with Crippen LogP contribution in [0, 0.1) is 5.92 Å². The lowest BCUT2D eigenvalue weighted by Crippen LogP contribution is -2.23. The molecule has 2 heterocycles. The minimum atomic E-state index is -0.0197. The highest BCUT2D eigenvalue weighted by atomic mass is 16.5. The minimum absolute atomic E-state index is 0.00112. The van der Waals surface area contributed by atoms with Crippen LogP contribution in [-0.2, 0) is 11.3 Å². The molecule has 1 amide bonds. The molecular formula is C25H36N6O4. The number of carbonyl (C=O) groups excluding carboxylic acids is 1. The van der Waals surface area contributed by atoms with Gasteiger partial charge in [0.25, 0.3) is 0 Å². The van der Waals surface area contributed by atoms with Crippen LogP contribution < -0.4 is 30.6 Å². The SMILES string of the molecule is CCCC(CCC)C(=O)Nc1ccc2nc(Nc3cc(OC)c(OC)c(OC)c3)n(CCN)c2n1. The zero-order valence-corrected chi connectivity index (χ0v) is 21.2. The maximum absolute atomic E-state index is 12.8. The van der Waals surface area contributed by atoms with Crippen molar-refractivity contribution in [1.29, 1.82) is 0 Å². The number of imidazole rings is 1. The summed E-state index contributed by atoms with van der Waals surface area (Å²) in [5.41, 5.74) is 7.91. The molecule has 0 aliphatic rings. The Morgan fingerprint density at radius 2 is 1.69 bits per heavy atom. The van der Waals surface area contributed by atoms with Crippen molar-refractivity contribution in [1.82, 2.24) is 14.5 Å². The van der Waals surface area contributed by atoms with E-state index >= 15 is 0 Å². The molecule has 35 heavy (non-hydrogen) atoms. The van der Waals surface area contributed by atoms with Crippen LogP contribution in [0.4, 0.5) is 17.5 Å². The number of ether oxygens (including phenoxy) is 3. The van der Waals surface area contributed by atoms with Gasteiger partial charge in [0.1, 0.15) is 11.3 Å². The fraction of sp³-hybridized carbons (Fsp3) is 0.480. The predicted octanol–water partition coefficient (Wildman–Crippen LogP) is 4.31. The number of rotatable bonds is 13. The van der Waals surface area contributed by atoms with Crippen LogP contribution in [0.2, 0.25) is 0 Å². The van der Waals surface area contributed by atoms with Gasteiger partial charge in [-0.2, -0.15) is 0 Å². The van der Waals surface area contributed by atoms with Gasteiger partial charge in [-0.1, -0.05) is 26.7 Å². The zero-order chi connectivity index (χ0) is 25.4. The molecule has 10 heteroatoms. The van der Waals surface area contributed by atoms with E-state index in [9.17, 15) is 4.79 Å². The number of anilines is 3. The lowest BCUT2D eigenvalue weighted by atomic mass is 9.97. The molecule has 0 bridgehead atoms. The number of pyridine rings is 1. The summed E-state index contributed by atoms with van der Waals surface area (Å²) in [5.74, 6) is 2.58. The number of nitrogens with one attached hydrogen (secondary N) is 2. The summed E-state index contributed by atoms with van der Waals surface area (Å²) in [6.45, 7) is 5.06. The molecule has 190 valence electrons. The maximum Gasteiger partial charge on any atom is 0.228 e. The standard InChI is InChI=1S/C25H36N6O4/c1-6-8-16(9-7-2)24(32)30-21-11-10-18-23(29-21)31(13-12-26)25(28-18)27-17-14-19(33-3)22(35-5)20(15-17)34-4/h10-11,14-16H,6-9,12-13,26H2,1-5H3,(H,27,28)(H,29,30,32). The van der Waals surface area contributed by atoms with Crippen LogP contribution in [0.15, 0.2) is 24.3 Å². The van der Waals surface area contributed by atoms with Gasteiger partial charge in [-0.15, -0.1) is 0 Å². The fourth-order valence-corrected chi connectivity index (χ4v) is 4.12. The third-order valence-electron chi connectivity index (χ3n) is 5.76. The van der Waals surface area contributed by atoms with Crippen molar-refractivity contribution < 1.29 is 19.0 Å². The highest BCUT2D eigenvalue weighted by Gasteiger charge is 2.19. The van der Waals surface area contributed by atoms with Crippen molar-refractivity contribution >= 4 is 34.5 Å². The Morgan fingerprint density at radius 1 is 1.03 bits per heavy atom. The maximum atomic E-state index is 12.8. The number of amides is 1. The second-order valence-electron chi connectivity index (χ2n) is 8.22. The minimum Gasteiger partial charge on any atom is -0.493 e. The first-order chi connectivity index (χ1) is 17.0. The van der Waals surface area contributed by atoms with E-state index in [1.807, 2.05) is 10.6 Å². The Labute approximate surface area is 206 Å². The van der Waals surface area contributed by atoms with E-state index in [1.165, 1.54) is 0 Å². The Bertz CT molecular complexity index is 1120. The van der Waals surface area contributed by atoms with Crippen molar-refractivity contribution in [2.45, 2.75) is 46.1 Å². The Kier molecular flexibility index (Phi) is 9.13. The van der Waals surface area contributed by atoms with Crippen LogP contribution in [0.5, 0.6) is 17.2 Å². The molecule has 0 spiro atoms. The summed E-state index contributed by atoms with van der Waals surface area (Å²) in [7, 11) is 4.69. The summed E-state index contributed by atoms with van der Waals surface area (Å²) in [6, 6.07) is 7.22. The van der Waals surface area contributed by atoms with E-state index in [-0.39, 0.29) is 11.8 Å². The van der Waals surface area contributed by atoms with Gasteiger partial charge in [-0.25, -0.2) is 9.97 Å². The van der Waals surface area contributed by atoms with Crippen LogP contribution in [0.25, 0.3) is 11.2 Å². The first-order valence-corrected chi connectivity index (χ1v) is 11.9. The van der Waals surface area contributed by atoms with Crippen LogP contribution in [-0.4, -0.2) is 48.3 Å². The first kappa shape index (κ1) is 26.1. The number of hydrogen-bond acceptors (Lipinski definition) is 8. The number of fused-ring (bicyclic) bond motifs is 1. The molecule has 0 fully saturated rings. The van der Waals surface area contributed by atoms with Gasteiger partial charge in [0.15, 0.2) is 17.1 Å². The third kappa shape index (κ3) is 5.94. The number of aromatic nitrogens is 3. The molecule has 0 saturated heterocycles. The highest BCUT2D eigenvalue weighted by Crippen LogP contribution is 2.40. The summed E-state index contributed by atoms with van der Waals surface area (Å²) < 4.78 is 18.2. The molecule has 3 aromatic rings. The molecule has 2 aromatic heterocycles. The topological polar surface area (TPSA) is 126 Å². The van der Waals surface area contributed by atoms with Crippen LogP contribution in [0.1, 0.15) is 39.5 Å². The molecule has 0 radical (unpaired) electrons. The number of nitrogens with two attached hydrogens (primary N) is 1. The van der Waals surface area contributed by atoms with Gasteiger partial charge in [0, 0.05) is 36.8 Å². The summed E-state index contributed by atoms with van der Waals surface area (Å²) >= 11 is 0. The molecule has 0 aliphatic heterocycles. The largest absolute Gasteiger partial charge is 0.493 e. The van der Waals surface area contributed by atoms with E-state index in [2.05, 4.69) is 24.5 Å². The van der Waals surface area contributed by atoms with E-state index < -0.39 is 0 Å². The van der Waals surface area contributed by atoms with Gasteiger partial charge in [0.2, 0.25) is 17.6 Å². The van der Waals surface area contributed by atoms with E-state index in [0.717, 1.165) is 25.7 Å². The summed E-state index contributed by atoms with van der Waals surface area (Å²) in [4.78, 5) is 22.2. The Hall–Kier alpha value is -3.53. The average molecular weight is 485 g/mol. The van der Waals surface area contributed by atoms with Crippen LogP contribution >= 0.6 is 0 Å². The van der Waals surface area contributed by atoms with Crippen molar-refractivity contribution in [2.24, 2.45) is 11.7 Å². The quantitative estimate of drug-likeness (QED) is 0.328. The van der Waals surface area contributed by atoms with E-state index in [0.29, 0.717) is 59.0 Å². The number of benzene rings is 1. The predicted molar refractivity (Wildman–Crippen MR) is 138 cm³/mol. The number of carbonyl (C=O) groups is 1. The lowest BCUT2D eigenvalue weighted by molar-refractivity contribution is -0.120. The molecule has 3 rings (SSSR count). The van der Waals surface area contributed by atoms with Crippen molar-refractivity contribution in [2.75, 3.05) is 38.5 Å². The first-order valence-electron chi connectivity index (χ1n) is 11.9. The second-order valence-corrected chi connectivity index (χ2v) is 8.22. The Morgan fingerprint density at radius 3 is 2.23 bits per heavy atom. The average Bonchev–Trinajstić information content (AvgIpc) is 3.19. The molecule has 1 aromatic carbocycles. The summed E-state index contributed by atoms with van der Waals surface area (Å²) in [6.07, 6.45) is 3.64. The number of nitrogens with zero attached hydrogens (tertiary/aromatic N) is 3. The van der Waals surface area contributed by atoms with Gasteiger partial charge in [0.05, 0.1) is 21.3 Å². The van der Waals surface area contributed by atoms with E-state index in [4.69, 9.17) is 29.9 Å². The van der Waals surface area contributed by atoms with Crippen molar-refractivity contribution in [3.63, 3.8) is 0 Å². The zero-order valence-electron chi connectivity index (χ0n) is 21.2. The highest BCUT2D eigenvalue weighted by molar-refractivity contribution is 5.92. The normalized spacial score (nSPS) is 11.1. The Balaban J connectivity index is 1.95. The molecule has 0 saturated carbocycles. The monoisotopic (exact) mass is 484 g/mol. The van der Waals surface area contributed by atoms with Crippen molar-refractivity contribution in [3.05, 3.63) is 24.3 Å².